The quantitative estimate of drug-likeness (QED) is 0.384. The molecular weight excluding hydrogens is 442 g/mol. The summed E-state index contributed by atoms with van der Waals surface area (Å²) in [7, 11) is 1.85. The van der Waals surface area contributed by atoms with Crippen molar-refractivity contribution in [2.24, 2.45) is 7.05 Å². The zero-order valence-electron chi connectivity index (χ0n) is 17.5. The van der Waals surface area contributed by atoms with E-state index in [4.69, 9.17) is 11.6 Å². The molecule has 0 radical (unpaired) electrons. The molecule has 2 aromatic carbocycles. The summed E-state index contributed by atoms with van der Waals surface area (Å²) in [6.45, 7) is 2.04. The molecule has 0 aliphatic carbocycles. The first-order chi connectivity index (χ1) is 15.4. The highest BCUT2D eigenvalue weighted by molar-refractivity contribution is 7.15. The minimum atomic E-state index is -1.47. The maximum atomic E-state index is 12.3. The summed E-state index contributed by atoms with van der Waals surface area (Å²) in [5.74, 6) is 0. The summed E-state index contributed by atoms with van der Waals surface area (Å²) in [5, 5.41) is 13.6. The van der Waals surface area contributed by atoms with Gasteiger partial charge in [0.15, 0.2) is 5.60 Å². The summed E-state index contributed by atoms with van der Waals surface area (Å²) >= 11 is 7.75. The minimum Gasteiger partial charge on any atom is -0.374 e. The summed E-state index contributed by atoms with van der Waals surface area (Å²) in [6, 6.07) is 18.4. The van der Waals surface area contributed by atoms with Gasteiger partial charge in [0.25, 0.3) is 0 Å². The molecule has 3 aromatic heterocycles. The van der Waals surface area contributed by atoms with Crippen molar-refractivity contribution < 1.29 is 5.11 Å². The Morgan fingerprint density at radius 2 is 1.81 bits per heavy atom. The molecule has 7 heteroatoms. The smallest absolute Gasteiger partial charge is 0.249 e. The molecule has 1 atom stereocenters. The molecular formula is C25H20ClN3O2S. The zero-order valence-corrected chi connectivity index (χ0v) is 19.0. The molecule has 0 saturated carbocycles. The second-order valence-electron chi connectivity index (χ2n) is 7.83. The Balaban J connectivity index is 1.81. The van der Waals surface area contributed by atoms with Gasteiger partial charge in [-0.1, -0.05) is 29.8 Å². The summed E-state index contributed by atoms with van der Waals surface area (Å²) in [5.41, 5.74) is 1.88. The molecule has 0 saturated heterocycles. The number of halogens is 1. The van der Waals surface area contributed by atoms with E-state index in [1.165, 1.54) is 0 Å². The second-order valence-corrected chi connectivity index (χ2v) is 9.55. The summed E-state index contributed by atoms with van der Waals surface area (Å²) in [6.07, 6.45) is 3.32. The first-order valence-corrected chi connectivity index (χ1v) is 11.3. The van der Waals surface area contributed by atoms with Crippen molar-refractivity contribution in [2.75, 3.05) is 0 Å². The minimum absolute atomic E-state index is 0.161. The van der Waals surface area contributed by atoms with Gasteiger partial charge in [0, 0.05) is 44.4 Å². The number of rotatable bonds is 4. The average Bonchev–Trinajstić information content (AvgIpc) is 3.41. The Kier molecular flexibility index (Phi) is 5.01. The van der Waals surface area contributed by atoms with Crippen LogP contribution in [0.3, 0.4) is 0 Å². The molecule has 0 aliphatic rings. The Morgan fingerprint density at radius 1 is 1.06 bits per heavy atom. The van der Waals surface area contributed by atoms with E-state index < -0.39 is 5.60 Å². The van der Waals surface area contributed by atoms with Crippen LogP contribution in [-0.2, 0) is 12.6 Å². The summed E-state index contributed by atoms with van der Waals surface area (Å²) < 4.78 is 1.80. The van der Waals surface area contributed by atoms with E-state index in [0.717, 1.165) is 20.7 Å². The molecule has 0 spiro atoms. The highest BCUT2D eigenvalue weighted by Crippen LogP contribution is 2.39. The molecule has 3 heterocycles. The van der Waals surface area contributed by atoms with E-state index in [-0.39, 0.29) is 5.56 Å². The molecule has 5 rings (SSSR count). The molecule has 2 N–H and O–H groups in total. The van der Waals surface area contributed by atoms with Crippen molar-refractivity contribution in [3.05, 3.63) is 110 Å². The van der Waals surface area contributed by atoms with Crippen LogP contribution >= 0.6 is 22.9 Å². The number of aryl methyl sites for hydroxylation is 2. The van der Waals surface area contributed by atoms with Crippen LogP contribution in [0.25, 0.3) is 21.3 Å². The first-order valence-electron chi connectivity index (χ1n) is 10.1. The highest BCUT2D eigenvalue weighted by atomic mass is 35.5. The monoisotopic (exact) mass is 461 g/mol. The van der Waals surface area contributed by atoms with Gasteiger partial charge in [-0.2, -0.15) is 0 Å². The maximum Gasteiger partial charge on any atom is 0.249 e. The third-order valence-electron chi connectivity index (χ3n) is 5.72. The van der Waals surface area contributed by atoms with Crippen molar-refractivity contribution in [1.29, 1.82) is 0 Å². The van der Waals surface area contributed by atoms with Gasteiger partial charge in [-0.25, -0.2) is 4.98 Å². The third kappa shape index (κ3) is 3.37. The van der Waals surface area contributed by atoms with E-state index in [9.17, 15) is 9.90 Å². The molecule has 1 unspecified atom stereocenters. The van der Waals surface area contributed by atoms with Crippen LogP contribution in [-0.4, -0.2) is 19.6 Å². The van der Waals surface area contributed by atoms with Crippen LogP contribution in [0.4, 0.5) is 0 Å². The highest BCUT2D eigenvalue weighted by Gasteiger charge is 2.36. The van der Waals surface area contributed by atoms with Crippen molar-refractivity contribution in [1.82, 2.24) is 14.5 Å². The van der Waals surface area contributed by atoms with Crippen LogP contribution in [0.15, 0.2) is 78.0 Å². The third-order valence-corrected chi connectivity index (χ3v) is 7.00. The number of hydrogen-bond donors (Lipinski definition) is 2. The first kappa shape index (κ1) is 20.7. The van der Waals surface area contributed by atoms with Gasteiger partial charge in [0.2, 0.25) is 5.56 Å². The number of hydrogen-bond acceptors (Lipinski definition) is 4. The lowest BCUT2D eigenvalue weighted by Crippen LogP contribution is -2.31. The number of nitrogens with one attached hydrogen (secondary N) is 1. The van der Waals surface area contributed by atoms with Gasteiger partial charge in [0.05, 0.1) is 18.2 Å². The number of thiophene rings is 1. The lowest BCUT2D eigenvalue weighted by Gasteiger charge is -2.30. The van der Waals surface area contributed by atoms with Crippen molar-refractivity contribution in [3.8, 4) is 10.4 Å². The normalized spacial score (nSPS) is 13.4. The summed E-state index contributed by atoms with van der Waals surface area (Å²) in [4.78, 5) is 21.6. The zero-order chi connectivity index (χ0) is 22.5. The van der Waals surface area contributed by atoms with Crippen molar-refractivity contribution in [3.63, 3.8) is 0 Å². The molecule has 0 bridgehead atoms. The molecule has 5 nitrogen and oxygen atoms in total. The molecule has 5 aromatic rings. The van der Waals surface area contributed by atoms with Crippen LogP contribution < -0.4 is 5.56 Å². The number of pyridine rings is 1. The SMILES string of the molecule is Cc1ccc(-c2cc(=O)[nH]c3ccc(C(O)(c4ccc(Cl)cc4)c4cncn4C)cc23)s1. The number of aromatic amines is 1. The van der Waals surface area contributed by atoms with Crippen LogP contribution in [0.2, 0.25) is 5.02 Å². The fourth-order valence-corrected chi connectivity index (χ4v) is 5.15. The van der Waals surface area contributed by atoms with Gasteiger partial charge in [-0.3, -0.25) is 4.79 Å². The predicted octanol–water partition coefficient (Wildman–Crippen LogP) is 5.24. The lowest BCUT2D eigenvalue weighted by molar-refractivity contribution is 0.117. The standard InChI is InChI=1S/C25H20ClN3O2S/c1-15-3-10-22(32-15)20-12-24(30)28-21-9-6-17(11-19(20)21)25(31,23-13-27-14-29(23)2)16-4-7-18(26)8-5-16/h3-14,31H,1-2H3,(H,28,30). The predicted molar refractivity (Wildman–Crippen MR) is 129 cm³/mol. The van der Waals surface area contributed by atoms with Gasteiger partial charge in [-0.05, 0) is 54.4 Å². The van der Waals surface area contributed by atoms with Crippen LogP contribution in [0.1, 0.15) is 21.7 Å². The molecule has 0 fully saturated rings. The Morgan fingerprint density at radius 3 is 2.47 bits per heavy atom. The molecule has 0 amide bonds. The van der Waals surface area contributed by atoms with E-state index in [1.807, 2.05) is 56.4 Å². The number of aromatic nitrogens is 3. The van der Waals surface area contributed by atoms with E-state index in [2.05, 4.69) is 9.97 Å². The maximum absolute atomic E-state index is 12.3. The number of H-pyrrole nitrogens is 1. The number of imidazole rings is 1. The van der Waals surface area contributed by atoms with Crippen LogP contribution in [0.5, 0.6) is 0 Å². The molecule has 32 heavy (non-hydrogen) atoms. The van der Waals surface area contributed by atoms with Crippen molar-refractivity contribution in [2.45, 2.75) is 12.5 Å². The topological polar surface area (TPSA) is 70.9 Å². The number of benzene rings is 2. The van der Waals surface area contributed by atoms with E-state index in [0.29, 0.717) is 27.4 Å². The van der Waals surface area contributed by atoms with E-state index >= 15 is 0 Å². The second kappa shape index (κ2) is 7.74. The Labute approximate surface area is 193 Å². The fourth-order valence-electron chi connectivity index (χ4n) is 4.12. The number of nitrogens with zero attached hydrogens (tertiary/aromatic N) is 2. The Bertz CT molecular complexity index is 1500. The van der Waals surface area contributed by atoms with Gasteiger partial charge >= 0.3 is 0 Å². The van der Waals surface area contributed by atoms with Crippen LogP contribution in [0, 0.1) is 6.92 Å². The number of aliphatic hydroxyl groups is 1. The Hall–Kier alpha value is -3.19. The van der Waals surface area contributed by atoms with E-state index in [1.54, 1.807) is 46.6 Å². The lowest BCUT2D eigenvalue weighted by atomic mass is 9.82. The van der Waals surface area contributed by atoms with Gasteiger partial charge < -0.3 is 14.7 Å². The molecule has 0 aliphatic heterocycles. The van der Waals surface area contributed by atoms with Gasteiger partial charge in [-0.15, -0.1) is 11.3 Å². The van der Waals surface area contributed by atoms with Crippen molar-refractivity contribution >= 4 is 33.8 Å². The molecule has 160 valence electrons. The average molecular weight is 462 g/mol. The number of fused-ring (bicyclic) bond motifs is 1. The van der Waals surface area contributed by atoms with Gasteiger partial charge in [0.1, 0.15) is 0 Å². The fraction of sp³-hybridized carbons (Fsp3) is 0.120. The largest absolute Gasteiger partial charge is 0.374 e.